The van der Waals surface area contributed by atoms with Crippen molar-refractivity contribution in [1.29, 1.82) is 0 Å². The topological polar surface area (TPSA) is 38.1 Å². The first-order valence-electron chi connectivity index (χ1n) is 4.47. The standard InChI is InChI=1S/C11H13N3/c1-3-5-7-12-10(4-2)11-13-8-6-9-14-11/h3-9H,1-2H3/b5-3-,10-4-,12-7-. The van der Waals surface area contributed by atoms with Gasteiger partial charge in [0, 0.05) is 18.6 Å². The van der Waals surface area contributed by atoms with Crippen LogP contribution in [0.3, 0.4) is 0 Å². The number of rotatable bonds is 3. The molecule has 0 atom stereocenters. The van der Waals surface area contributed by atoms with Crippen molar-refractivity contribution < 1.29 is 0 Å². The summed E-state index contributed by atoms with van der Waals surface area (Å²) in [6, 6.07) is 1.78. The van der Waals surface area contributed by atoms with Crippen LogP contribution in [0.2, 0.25) is 0 Å². The van der Waals surface area contributed by atoms with Gasteiger partial charge in [0.1, 0.15) is 5.70 Å². The first kappa shape index (κ1) is 10.3. The highest BCUT2D eigenvalue weighted by Gasteiger charge is 1.98. The molecule has 1 aromatic heterocycles. The maximum Gasteiger partial charge on any atom is 0.177 e. The fourth-order valence-electron chi connectivity index (χ4n) is 0.902. The highest BCUT2D eigenvalue weighted by Crippen LogP contribution is 2.08. The molecule has 1 aromatic rings. The molecule has 1 heterocycles. The number of allylic oxidation sites excluding steroid dienone is 3. The number of nitrogens with zero attached hydrogens (tertiary/aromatic N) is 3. The van der Waals surface area contributed by atoms with Crippen molar-refractivity contribution in [1.82, 2.24) is 9.97 Å². The summed E-state index contributed by atoms with van der Waals surface area (Å²) in [5.41, 5.74) is 0.781. The van der Waals surface area contributed by atoms with Crippen LogP contribution >= 0.6 is 0 Å². The first-order valence-corrected chi connectivity index (χ1v) is 4.47. The molecule has 1 rings (SSSR count). The Morgan fingerprint density at radius 1 is 1.29 bits per heavy atom. The first-order chi connectivity index (χ1) is 6.88. The van der Waals surface area contributed by atoms with Gasteiger partial charge in [0.25, 0.3) is 0 Å². The van der Waals surface area contributed by atoms with E-state index in [9.17, 15) is 0 Å². The molecule has 0 aromatic carbocycles. The molecule has 0 saturated carbocycles. The average molecular weight is 187 g/mol. The predicted molar refractivity (Wildman–Crippen MR) is 59.0 cm³/mol. The van der Waals surface area contributed by atoms with E-state index in [0.717, 1.165) is 5.70 Å². The van der Waals surface area contributed by atoms with Crippen molar-refractivity contribution in [3.05, 3.63) is 42.5 Å². The SMILES string of the molecule is C\C=C/C=N\C(=C/C)c1ncccn1. The lowest BCUT2D eigenvalue weighted by atomic mass is 10.4. The second-order valence-electron chi connectivity index (χ2n) is 2.55. The molecule has 0 N–H and O–H groups in total. The zero-order valence-electron chi connectivity index (χ0n) is 8.38. The summed E-state index contributed by atoms with van der Waals surface area (Å²) in [6.07, 6.45) is 10.8. The van der Waals surface area contributed by atoms with E-state index in [1.807, 2.05) is 32.1 Å². The molecule has 3 heteroatoms. The monoisotopic (exact) mass is 187 g/mol. The van der Waals surface area contributed by atoms with E-state index in [1.165, 1.54) is 0 Å². The van der Waals surface area contributed by atoms with Crippen molar-refractivity contribution in [3.63, 3.8) is 0 Å². The predicted octanol–water partition coefficient (Wildman–Crippen LogP) is 2.48. The van der Waals surface area contributed by atoms with Gasteiger partial charge in [-0.25, -0.2) is 9.97 Å². The Balaban J connectivity index is 2.85. The molecule has 0 unspecified atom stereocenters. The molecular formula is C11H13N3. The Labute approximate surface area is 83.9 Å². The van der Waals surface area contributed by atoms with E-state index in [0.29, 0.717) is 5.82 Å². The van der Waals surface area contributed by atoms with Gasteiger partial charge in [-0.15, -0.1) is 0 Å². The molecule has 72 valence electrons. The van der Waals surface area contributed by atoms with E-state index in [1.54, 1.807) is 24.7 Å². The third-order valence-corrected chi connectivity index (χ3v) is 1.56. The summed E-state index contributed by atoms with van der Waals surface area (Å²) >= 11 is 0. The van der Waals surface area contributed by atoms with Gasteiger partial charge < -0.3 is 0 Å². The molecule has 0 aliphatic heterocycles. The third-order valence-electron chi connectivity index (χ3n) is 1.56. The van der Waals surface area contributed by atoms with Gasteiger partial charge in [0.05, 0.1) is 0 Å². The molecule has 0 aliphatic carbocycles. The molecular weight excluding hydrogens is 174 g/mol. The quantitative estimate of drug-likeness (QED) is 0.682. The van der Waals surface area contributed by atoms with Gasteiger partial charge in [-0.3, -0.25) is 4.99 Å². The van der Waals surface area contributed by atoms with Gasteiger partial charge >= 0.3 is 0 Å². The Morgan fingerprint density at radius 3 is 2.57 bits per heavy atom. The van der Waals surface area contributed by atoms with Crippen LogP contribution in [-0.4, -0.2) is 16.2 Å². The van der Waals surface area contributed by atoms with Crippen molar-refractivity contribution in [2.45, 2.75) is 13.8 Å². The summed E-state index contributed by atoms with van der Waals surface area (Å²) in [7, 11) is 0. The maximum absolute atomic E-state index is 4.23. The number of hydrogen-bond acceptors (Lipinski definition) is 3. The van der Waals surface area contributed by atoms with Crippen LogP contribution in [0.1, 0.15) is 19.7 Å². The number of hydrogen-bond donors (Lipinski definition) is 0. The Bertz CT molecular complexity index is 350. The van der Waals surface area contributed by atoms with Crippen LogP contribution in [0.25, 0.3) is 5.70 Å². The van der Waals surface area contributed by atoms with Crippen LogP contribution < -0.4 is 0 Å². The van der Waals surface area contributed by atoms with Crippen molar-refractivity contribution in [2.24, 2.45) is 4.99 Å². The fourth-order valence-corrected chi connectivity index (χ4v) is 0.902. The van der Waals surface area contributed by atoms with Crippen LogP contribution in [0.15, 0.2) is 41.7 Å². The van der Waals surface area contributed by atoms with Crippen LogP contribution in [0.5, 0.6) is 0 Å². The van der Waals surface area contributed by atoms with E-state index in [2.05, 4.69) is 15.0 Å². The number of aliphatic imine (C=N–C) groups is 1. The molecule has 0 saturated heterocycles. The molecule has 0 spiro atoms. The van der Waals surface area contributed by atoms with E-state index < -0.39 is 0 Å². The fraction of sp³-hybridized carbons (Fsp3) is 0.182. The lowest BCUT2D eigenvalue weighted by Crippen LogP contribution is -1.90. The van der Waals surface area contributed by atoms with Crippen LogP contribution in [0, 0.1) is 0 Å². The smallest absolute Gasteiger partial charge is 0.177 e. The summed E-state index contributed by atoms with van der Waals surface area (Å²) in [5.74, 6) is 0.649. The minimum atomic E-state index is 0.649. The van der Waals surface area contributed by atoms with E-state index >= 15 is 0 Å². The average Bonchev–Trinajstić information content (AvgIpc) is 2.26. The van der Waals surface area contributed by atoms with Gasteiger partial charge in [-0.2, -0.15) is 0 Å². The lowest BCUT2D eigenvalue weighted by Gasteiger charge is -1.96. The third kappa shape index (κ3) is 2.94. The summed E-state index contributed by atoms with van der Waals surface area (Å²) < 4.78 is 0. The Morgan fingerprint density at radius 2 is 2.00 bits per heavy atom. The summed E-state index contributed by atoms with van der Waals surface area (Å²) in [5, 5.41) is 0. The summed E-state index contributed by atoms with van der Waals surface area (Å²) in [4.78, 5) is 12.4. The van der Waals surface area contributed by atoms with Crippen molar-refractivity contribution in [3.8, 4) is 0 Å². The zero-order chi connectivity index (χ0) is 10.2. The molecule has 0 amide bonds. The van der Waals surface area contributed by atoms with Gasteiger partial charge in [0.2, 0.25) is 0 Å². The second kappa shape index (κ2) is 5.80. The maximum atomic E-state index is 4.23. The minimum absolute atomic E-state index is 0.649. The Hall–Kier alpha value is -1.77. The van der Waals surface area contributed by atoms with E-state index in [4.69, 9.17) is 0 Å². The van der Waals surface area contributed by atoms with Gasteiger partial charge in [-0.05, 0) is 26.0 Å². The van der Waals surface area contributed by atoms with Crippen LogP contribution in [0.4, 0.5) is 0 Å². The summed E-state index contributed by atoms with van der Waals surface area (Å²) in [6.45, 7) is 3.86. The highest BCUT2D eigenvalue weighted by atomic mass is 14.9. The molecule has 0 radical (unpaired) electrons. The molecule has 0 bridgehead atoms. The lowest BCUT2D eigenvalue weighted by molar-refractivity contribution is 1.10. The highest BCUT2D eigenvalue weighted by molar-refractivity contribution is 5.78. The van der Waals surface area contributed by atoms with Gasteiger partial charge in [0.15, 0.2) is 5.82 Å². The molecule has 0 fully saturated rings. The van der Waals surface area contributed by atoms with Crippen LogP contribution in [-0.2, 0) is 0 Å². The largest absolute Gasteiger partial charge is 0.253 e. The second-order valence-corrected chi connectivity index (χ2v) is 2.55. The molecule has 0 aliphatic rings. The Kier molecular flexibility index (Phi) is 4.27. The normalized spacial score (nSPS) is 12.9. The van der Waals surface area contributed by atoms with Crippen molar-refractivity contribution in [2.75, 3.05) is 0 Å². The minimum Gasteiger partial charge on any atom is -0.253 e. The molecule has 3 nitrogen and oxygen atoms in total. The van der Waals surface area contributed by atoms with Gasteiger partial charge in [-0.1, -0.05) is 12.2 Å². The zero-order valence-corrected chi connectivity index (χ0v) is 8.38. The number of aromatic nitrogens is 2. The van der Waals surface area contributed by atoms with E-state index in [-0.39, 0.29) is 0 Å². The molecule has 14 heavy (non-hydrogen) atoms. The van der Waals surface area contributed by atoms with Crippen molar-refractivity contribution >= 4 is 11.9 Å².